The summed E-state index contributed by atoms with van der Waals surface area (Å²) in [4.78, 5) is 8.72. The predicted octanol–water partition coefficient (Wildman–Crippen LogP) is 3.33. The minimum atomic E-state index is -0.316. The van der Waals surface area contributed by atoms with Gasteiger partial charge in [-0.2, -0.15) is 0 Å². The second-order valence-electron chi connectivity index (χ2n) is 4.41. The molecule has 2 aromatic carbocycles. The van der Waals surface area contributed by atoms with Crippen LogP contribution < -0.4 is 5.73 Å². The van der Waals surface area contributed by atoms with E-state index in [0.29, 0.717) is 17.2 Å². The number of fused-ring (bicyclic) bond motifs is 1. The van der Waals surface area contributed by atoms with Crippen LogP contribution in [0.25, 0.3) is 22.3 Å². The van der Waals surface area contributed by atoms with Crippen molar-refractivity contribution < 1.29 is 4.39 Å². The Bertz CT molecular complexity index is 768. The van der Waals surface area contributed by atoms with Gasteiger partial charge in [0.15, 0.2) is 5.82 Å². The number of nitrogens with two attached hydrogens (primary N) is 1. The van der Waals surface area contributed by atoms with Gasteiger partial charge in [0, 0.05) is 10.9 Å². The van der Waals surface area contributed by atoms with Crippen LogP contribution in [0.5, 0.6) is 0 Å². The molecule has 0 fully saturated rings. The maximum absolute atomic E-state index is 13.2. The third-order valence-electron chi connectivity index (χ3n) is 3.04. The number of hydrogen-bond donors (Lipinski definition) is 1. The first-order valence-corrected chi connectivity index (χ1v) is 5.94. The van der Waals surface area contributed by atoms with Gasteiger partial charge in [-0.05, 0) is 30.7 Å². The van der Waals surface area contributed by atoms with Gasteiger partial charge in [-0.15, -0.1) is 0 Å². The summed E-state index contributed by atoms with van der Waals surface area (Å²) >= 11 is 0. The lowest BCUT2D eigenvalue weighted by Gasteiger charge is -2.07. The molecule has 1 aromatic heterocycles. The number of aromatic nitrogens is 2. The number of nitrogens with zero attached hydrogens (tertiary/aromatic N) is 2. The smallest absolute Gasteiger partial charge is 0.162 e. The first-order valence-electron chi connectivity index (χ1n) is 5.94. The molecule has 0 saturated carbocycles. The number of halogens is 1. The molecule has 3 aromatic rings. The Kier molecular flexibility index (Phi) is 2.63. The van der Waals surface area contributed by atoms with Crippen molar-refractivity contribution in [3.63, 3.8) is 0 Å². The number of anilines is 1. The summed E-state index contributed by atoms with van der Waals surface area (Å²) in [6, 6.07) is 11.9. The van der Waals surface area contributed by atoms with E-state index in [-0.39, 0.29) is 5.82 Å². The molecule has 0 aliphatic heterocycles. The lowest BCUT2D eigenvalue weighted by molar-refractivity contribution is 0.628. The van der Waals surface area contributed by atoms with E-state index >= 15 is 0 Å². The van der Waals surface area contributed by atoms with E-state index < -0.39 is 0 Å². The van der Waals surface area contributed by atoms with Gasteiger partial charge in [0.2, 0.25) is 0 Å². The summed E-state index contributed by atoms with van der Waals surface area (Å²) in [5, 5.41) is 0.850. The zero-order chi connectivity index (χ0) is 13.4. The molecular weight excluding hydrogens is 241 g/mol. The highest BCUT2D eigenvalue weighted by Gasteiger charge is 2.09. The van der Waals surface area contributed by atoms with Crippen molar-refractivity contribution in [1.82, 2.24) is 9.97 Å². The Morgan fingerprint density at radius 3 is 2.63 bits per heavy atom. The Morgan fingerprint density at radius 1 is 1.05 bits per heavy atom. The van der Waals surface area contributed by atoms with E-state index in [1.165, 1.54) is 12.1 Å². The molecule has 0 atom stereocenters. The topological polar surface area (TPSA) is 51.8 Å². The molecule has 0 aliphatic carbocycles. The van der Waals surface area contributed by atoms with E-state index in [0.717, 1.165) is 16.5 Å². The second kappa shape index (κ2) is 4.31. The fraction of sp³-hybridized carbons (Fsp3) is 0.0667. The third-order valence-corrected chi connectivity index (χ3v) is 3.04. The number of aryl methyl sites for hydroxylation is 1. The van der Waals surface area contributed by atoms with E-state index in [9.17, 15) is 4.39 Å². The van der Waals surface area contributed by atoms with Gasteiger partial charge in [0.25, 0.3) is 0 Å². The fourth-order valence-electron chi connectivity index (χ4n) is 2.14. The quantitative estimate of drug-likeness (QED) is 0.723. The van der Waals surface area contributed by atoms with Crippen molar-refractivity contribution in [3.05, 3.63) is 53.8 Å². The normalized spacial score (nSPS) is 10.8. The molecule has 94 valence electrons. The highest BCUT2D eigenvalue weighted by molar-refractivity contribution is 5.92. The molecule has 1 heterocycles. The Morgan fingerprint density at radius 2 is 1.84 bits per heavy atom. The number of nitrogen functional groups attached to an aromatic ring is 1. The SMILES string of the molecule is Cc1cccc2nc(-c3cccc(F)c3)nc(N)c12. The van der Waals surface area contributed by atoms with E-state index in [2.05, 4.69) is 9.97 Å². The summed E-state index contributed by atoms with van der Waals surface area (Å²) < 4.78 is 13.2. The summed E-state index contributed by atoms with van der Waals surface area (Å²) in [5.41, 5.74) is 8.41. The maximum Gasteiger partial charge on any atom is 0.162 e. The summed E-state index contributed by atoms with van der Waals surface area (Å²) in [5.74, 6) is 0.543. The first kappa shape index (κ1) is 11.6. The van der Waals surface area contributed by atoms with Gasteiger partial charge >= 0.3 is 0 Å². The highest BCUT2D eigenvalue weighted by Crippen LogP contribution is 2.25. The van der Waals surface area contributed by atoms with Crippen molar-refractivity contribution in [1.29, 1.82) is 0 Å². The number of hydrogen-bond acceptors (Lipinski definition) is 3. The Labute approximate surface area is 109 Å². The lowest BCUT2D eigenvalue weighted by Crippen LogP contribution is -1.99. The minimum Gasteiger partial charge on any atom is -0.383 e. The van der Waals surface area contributed by atoms with Gasteiger partial charge in [0.1, 0.15) is 11.6 Å². The zero-order valence-corrected chi connectivity index (χ0v) is 10.4. The van der Waals surface area contributed by atoms with Crippen molar-refractivity contribution in [2.24, 2.45) is 0 Å². The van der Waals surface area contributed by atoms with Crippen LogP contribution in [0.4, 0.5) is 10.2 Å². The average Bonchev–Trinajstić information content (AvgIpc) is 2.38. The van der Waals surface area contributed by atoms with Gasteiger partial charge < -0.3 is 5.73 Å². The third kappa shape index (κ3) is 2.01. The molecule has 0 amide bonds. The molecule has 0 saturated heterocycles. The summed E-state index contributed by atoms with van der Waals surface area (Å²) in [7, 11) is 0. The average molecular weight is 253 g/mol. The van der Waals surface area contributed by atoms with Crippen molar-refractivity contribution in [2.45, 2.75) is 6.92 Å². The molecule has 19 heavy (non-hydrogen) atoms. The monoisotopic (exact) mass is 253 g/mol. The molecule has 3 nitrogen and oxygen atoms in total. The van der Waals surface area contributed by atoms with E-state index in [1.54, 1.807) is 12.1 Å². The molecule has 0 bridgehead atoms. The van der Waals surface area contributed by atoms with Crippen molar-refractivity contribution in [2.75, 3.05) is 5.73 Å². The predicted molar refractivity (Wildman–Crippen MR) is 74.1 cm³/mol. The standard InChI is InChI=1S/C15H12FN3/c1-9-4-2-7-12-13(9)14(17)19-15(18-12)10-5-3-6-11(16)8-10/h2-8H,1H3,(H2,17,18,19). The Hall–Kier alpha value is -2.49. The number of benzene rings is 2. The van der Waals surface area contributed by atoms with Gasteiger partial charge in [-0.1, -0.05) is 24.3 Å². The molecular formula is C15H12FN3. The second-order valence-corrected chi connectivity index (χ2v) is 4.41. The van der Waals surface area contributed by atoms with Crippen LogP contribution in [0.1, 0.15) is 5.56 Å². The summed E-state index contributed by atoms with van der Waals surface area (Å²) in [6.07, 6.45) is 0. The van der Waals surface area contributed by atoms with Crippen molar-refractivity contribution in [3.8, 4) is 11.4 Å². The van der Waals surface area contributed by atoms with Crippen LogP contribution in [0, 0.1) is 12.7 Å². The van der Waals surface area contributed by atoms with Crippen molar-refractivity contribution >= 4 is 16.7 Å². The molecule has 3 rings (SSSR count). The number of rotatable bonds is 1. The van der Waals surface area contributed by atoms with Gasteiger partial charge in [-0.25, -0.2) is 14.4 Å². The van der Waals surface area contributed by atoms with Crippen LogP contribution in [0.3, 0.4) is 0 Å². The summed E-state index contributed by atoms with van der Waals surface area (Å²) in [6.45, 7) is 1.96. The Balaban J connectivity index is 2.27. The van der Waals surface area contributed by atoms with E-state index in [1.807, 2.05) is 25.1 Å². The lowest BCUT2D eigenvalue weighted by atomic mass is 10.1. The molecule has 0 spiro atoms. The van der Waals surface area contributed by atoms with Crippen LogP contribution >= 0.6 is 0 Å². The van der Waals surface area contributed by atoms with Crippen LogP contribution in [0.2, 0.25) is 0 Å². The van der Waals surface area contributed by atoms with Gasteiger partial charge in [-0.3, -0.25) is 0 Å². The fourth-order valence-corrected chi connectivity index (χ4v) is 2.14. The van der Waals surface area contributed by atoms with Crippen LogP contribution in [-0.4, -0.2) is 9.97 Å². The van der Waals surface area contributed by atoms with Gasteiger partial charge in [0.05, 0.1) is 5.52 Å². The van der Waals surface area contributed by atoms with E-state index in [4.69, 9.17) is 5.73 Å². The molecule has 0 aliphatic rings. The largest absolute Gasteiger partial charge is 0.383 e. The van der Waals surface area contributed by atoms with Crippen LogP contribution in [-0.2, 0) is 0 Å². The van der Waals surface area contributed by atoms with Crippen LogP contribution in [0.15, 0.2) is 42.5 Å². The molecule has 0 radical (unpaired) electrons. The zero-order valence-electron chi connectivity index (χ0n) is 10.4. The minimum absolute atomic E-state index is 0.316. The molecule has 0 unspecified atom stereocenters. The maximum atomic E-state index is 13.2. The molecule has 2 N–H and O–H groups in total. The highest BCUT2D eigenvalue weighted by atomic mass is 19.1. The molecule has 4 heteroatoms. The first-order chi connectivity index (χ1) is 9.15.